The second-order valence-electron chi connectivity index (χ2n) is 8.04. The van der Waals surface area contributed by atoms with Gasteiger partial charge in [-0.1, -0.05) is 36.0 Å². The molecule has 2 fully saturated rings. The molecule has 146 valence electrons. The number of hydrogen-bond donors (Lipinski definition) is 1. The molecule has 0 spiro atoms. The van der Waals surface area contributed by atoms with Crippen LogP contribution in [-0.4, -0.2) is 47.3 Å². The number of benzene rings is 1. The average molecular weight is 399 g/mol. The number of nitrogens with two attached hydrogens (primary N) is 1. The van der Waals surface area contributed by atoms with Gasteiger partial charge < -0.3 is 10.6 Å². The number of carbonyl (C=O) groups is 1. The lowest BCUT2D eigenvalue weighted by atomic mass is 9.80. The molecule has 3 heterocycles. The van der Waals surface area contributed by atoms with Crippen LogP contribution in [0.25, 0.3) is 5.57 Å². The minimum Gasteiger partial charge on any atom is -0.379 e. The first-order valence-electron chi connectivity index (χ1n) is 9.85. The first-order chi connectivity index (χ1) is 13.6. The Morgan fingerprint density at radius 2 is 2.21 bits per heavy atom. The van der Waals surface area contributed by atoms with Gasteiger partial charge in [0.05, 0.1) is 6.54 Å². The number of hydrogen-bond acceptors (Lipinski definition) is 5. The zero-order valence-electron chi connectivity index (χ0n) is 15.6. The molecule has 2 N–H and O–H groups in total. The lowest BCUT2D eigenvalue weighted by molar-refractivity contribution is -0.131. The predicted molar refractivity (Wildman–Crippen MR) is 111 cm³/mol. The Hall–Kier alpha value is -2.15. The van der Waals surface area contributed by atoms with Gasteiger partial charge in [-0.25, -0.2) is 4.99 Å². The lowest BCUT2D eigenvalue weighted by Crippen LogP contribution is -2.40. The van der Waals surface area contributed by atoms with Crippen LogP contribution in [0.1, 0.15) is 30.4 Å². The summed E-state index contributed by atoms with van der Waals surface area (Å²) >= 11 is 1.56. The first kappa shape index (κ1) is 17.9. The van der Waals surface area contributed by atoms with E-state index in [1.165, 1.54) is 0 Å². The number of likely N-dealkylation sites (tertiary alicyclic amines) is 1. The molecule has 1 saturated heterocycles. The fraction of sp³-hybridized carbons (Fsp3) is 0.476. The van der Waals surface area contributed by atoms with Gasteiger partial charge in [0.15, 0.2) is 5.17 Å². The van der Waals surface area contributed by atoms with Gasteiger partial charge in [-0.2, -0.15) is 4.39 Å². The molecule has 0 unspecified atom stereocenters. The van der Waals surface area contributed by atoms with Crippen molar-refractivity contribution in [1.29, 1.82) is 0 Å². The second-order valence-corrected chi connectivity index (χ2v) is 9.08. The van der Waals surface area contributed by atoms with Gasteiger partial charge in [0.25, 0.3) is 0 Å². The quantitative estimate of drug-likeness (QED) is 0.851. The van der Waals surface area contributed by atoms with Crippen LogP contribution in [0.5, 0.6) is 0 Å². The van der Waals surface area contributed by atoms with Crippen LogP contribution >= 0.6 is 11.8 Å². The van der Waals surface area contributed by atoms with E-state index in [9.17, 15) is 9.18 Å². The smallest absolute Gasteiger partial charge is 0.225 e. The van der Waals surface area contributed by atoms with E-state index in [-0.39, 0.29) is 17.7 Å². The molecular weight excluding hydrogens is 375 g/mol. The van der Waals surface area contributed by atoms with Crippen LogP contribution in [0.2, 0.25) is 0 Å². The number of nitrogens with zero attached hydrogens (tertiary/aromatic N) is 3. The summed E-state index contributed by atoms with van der Waals surface area (Å²) in [5, 5.41) is 0.562. The zero-order valence-corrected chi connectivity index (χ0v) is 16.4. The highest BCUT2D eigenvalue weighted by atomic mass is 32.2. The number of dihydropyridines is 1. The summed E-state index contributed by atoms with van der Waals surface area (Å²) in [5.41, 5.74) is 7.95. The van der Waals surface area contributed by atoms with Gasteiger partial charge in [0.1, 0.15) is 5.54 Å². The van der Waals surface area contributed by atoms with Crippen LogP contribution in [0.4, 0.5) is 4.39 Å². The number of aliphatic imine (C=N–C) groups is 2. The summed E-state index contributed by atoms with van der Waals surface area (Å²) in [6.45, 7) is 1.76. The molecule has 0 radical (unpaired) electrons. The molecule has 28 heavy (non-hydrogen) atoms. The zero-order chi connectivity index (χ0) is 19.3. The van der Waals surface area contributed by atoms with Crippen LogP contribution in [-0.2, 0) is 10.3 Å². The third kappa shape index (κ3) is 2.96. The normalized spacial score (nSPS) is 29.7. The van der Waals surface area contributed by atoms with E-state index in [0.29, 0.717) is 30.4 Å². The SMILES string of the molecule is NC1=N[C@@]2(c3cccc(C4=CCCN=C4F)c3)CN(C(=O)C3CC3)C[C@H]2CS1. The minimum absolute atomic E-state index is 0.190. The number of rotatable bonds is 3. The van der Waals surface area contributed by atoms with E-state index in [4.69, 9.17) is 10.7 Å². The maximum atomic E-state index is 14.3. The Morgan fingerprint density at radius 1 is 1.36 bits per heavy atom. The van der Waals surface area contributed by atoms with Crippen molar-refractivity contribution in [2.75, 3.05) is 25.4 Å². The third-order valence-corrected chi connectivity index (χ3v) is 7.11. The maximum absolute atomic E-state index is 14.3. The Bertz CT molecular complexity index is 923. The summed E-state index contributed by atoms with van der Waals surface area (Å²) < 4.78 is 14.3. The Morgan fingerprint density at radius 3 is 3.00 bits per heavy atom. The van der Waals surface area contributed by atoms with Crippen LogP contribution in [0.3, 0.4) is 0 Å². The van der Waals surface area contributed by atoms with Crippen molar-refractivity contribution in [2.45, 2.75) is 24.8 Å². The van der Waals surface area contributed by atoms with Gasteiger partial charge in [-0.05, 0) is 36.5 Å². The minimum atomic E-state index is -0.543. The van der Waals surface area contributed by atoms with Gasteiger partial charge >= 0.3 is 0 Å². The van der Waals surface area contributed by atoms with Crippen molar-refractivity contribution in [2.24, 2.45) is 27.6 Å². The number of carbonyl (C=O) groups excluding carboxylic acids is 1. The van der Waals surface area contributed by atoms with E-state index >= 15 is 0 Å². The number of thioether (sulfide) groups is 1. The molecule has 4 aliphatic rings. The van der Waals surface area contributed by atoms with Gasteiger partial charge in [0.2, 0.25) is 11.9 Å². The highest BCUT2D eigenvalue weighted by Gasteiger charge is 2.52. The summed E-state index contributed by atoms with van der Waals surface area (Å²) in [6.07, 6.45) is 4.64. The maximum Gasteiger partial charge on any atom is 0.225 e. The van der Waals surface area contributed by atoms with Crippen LogP contribution in [0, 0.1) is 11.8 Å². The Balaban J connectivity index is 1.54. The molecule has 0 aromatic heterocycles. The van der Waals surface area contributed by atoms with Crippen molar-refractivity contribution in [3.05, 3.63) is 41.5 Å². The number of amides is 1. The predicted octanol–water partition coefficient (Wildman–Crippen LogP) is 2.97. The summed E-state index contributed by atoms with van der Waals surface area (Å²) in [4.78, 5) is 23.5. The number of halogens is 1. The molecule has 7 heteroatoms. The average Bonchev–Trinajstić information content (AvgIpc) is 3.48. The van der Waals surface area contributed by atoms with Gasteiger partial charge in [-0.15, -0.1) is 0 Å². The summed E-state index contributed by atoms with van der Waals surface area (Å²) in [5.74, 6) is 1.08. The Kier molecular flexibility index (Phi) is 4.30. The van der Waals surface area contributed by atoms with E-state index in [2.05, 4.69) is 4.99 Å². The van der Waals surface area contributed by atoms with E-state index in [1.54, 1.807) is 11.8 Å². The van der Waals surface area contributed by atoms with Crippen molar-refractivity contribution in [3.8, 4) is 0 Å². The Labute approximate surface area is 168 Å². The molecule has 1 aromatic carbocycles. The fourth-order valence-corrected chi connectivity index (χ4v) is 5.50. The highest BCUT2D eigenvalue weighted by molar-refractivity contribution is 8.13. The highest BCUT2D eigenvalue weighted by Crippen LogP contribution is 2.47. The summed E-state index contributed by atoms with van der Waals surface area (Å²) in [6, 6.07) is 7.90. The van der Waals surface area contributed by atoms with Crippen molar-refractivity contribution >= 4 is 34.4 Å². The number of fused-ring (bicyclic) bond motifs is 1. The molecule has 3 aliphatic heterocycles. The molecule has 5 rings (SSSR count). The van der Waals surface area contributed by atoms with Crippen molar-refractivity contribution in [3.63, 3.8) is 0 Å². The topological polar surface area (TPSA) is 71.0 Å². The van der Waals surface area contributed by atoms with Crippen LogP contribution in [0.15, 0.2) is 40.3 Å². The lowest BCUT2D eigenvalue weighted by Gasteiger charge is -2.35. The first-order valence-corrected chi connectivity index (χ1v) is 10.8. The van der Waals surface area contributed by atoms with E-state index < -0.39 is 11.5 Å². The molecule has 0 bridgehead atoms. The fourth-order valence-electron chi connectivity index (χ4n) is 4.52. The van der Waals surface area contributed by atoms with Crippen molar-refractivity contribution in [1.82, 2.24) is 4.90 Å². The standard InChI is InChI=1S/C21H23FN4OS/c22-18-17(5-2-8-24-18)14-3-1-4-15(9-14)21-12-26(19(27)13-6-7-13)10-16(21)11-28-20(23)25-21/h1,3-5,9,13,16H,2,6-8,10-12H2,(H2,23,25)/t16-,21+/m0/s1. The third-order valence-electron chi connectivity index (χ3n) is 6.15. The largest absolute Gasteiger partial charge is 0.379 e. The number of amidine groups is 1. The second kappa shape index (κ2) is 6.72. The summed E-state index contributed by atoms with van der Waals surface area (Å²) in [7, 11) is 0. The molecule has 1 aromatic rings. The molecule has 5 nitrogen and oxygen atoms in total. The van der Waals surface area contributed by atoms with E-state index in [1.807, 2.05) is 35.2 Å². The van der Waals surface area contributed by atoms with E-state index in [0.717, 1.165) is 36.1 Å². The molecule has 1 aliphatic carbocycles. The molecule has 1 saturated carbocycles. The van der Waals surface area contributed by atoms with Gasteiger partial charge in [0, 0.05) is 36.3 Å². The molecular formula is C21H23FN4OS. The molecule has 2 atom stereocenters. The van der Waals surface area contributed by atoms with Gasteiger partial charge in [-0.3, -0.25) is 9.79 Å². The number of allylic oxidation sites excluding steroid dienone is 1. The van der Waals surface area contributed by atoms with Crippen molar-refractivity contribution < 1.29 is 9.18 Å². The van der Waals surface area contributed by atoms with Crippen LogP contribution < -0.4 is 5.73 Å². The monoisotopic (exact) mass is 398 g/mol. The molecule has 1 amide bonds.